The van der Waals surface area contributed by atoms with E-state index in [0.717, 1.165) is 5.56 Å². The molecule has 0 radical (unpaired) electrons. The smallest absolute Gasteiger partial charge is 0.330 e. The zero-order valence-electron chi connectivity index (χ0n) is 11.5. The van der Waals surface area contributed by atoms with Crippen LogP contribution < -0.4 is 11.2 Å². The van der Waals surface area contributed by atoms with Crippen molar-refractivity contribution in [1.82, 2.24) is 19.5 Å². The van der Waals surface area contributed by atoms with Crippen LogP contribution >= 0.6 is 11.6 Å². The predicted molar refractivity (Wildman–Crippen MR) is 81.8 cm³/mol. The first-order valence-corrected chi connectivity index (χ1v) is 6.88. The van der Waals surface area contributed by atoms with Gasteiger partial charge in [0.05, 0.1) is 5.02 Å². The zero-order valence-corrected chi connectivity index (χ0v) is 12.3. The fourth-order valence-electron chi connectivity index (χ4n) is 2.27. The van der Waals surface area contributed by atoms with E-state index in [1.165, 1.54) is 4.57 Å². The third-order valence-electron chi connectivity index (χ3n) is 3.33. The quantitative estimate of drug-likeness (QED) is 0.760. The number of halogens is 1. The summed E-state index contributed by atoms with van der Waals surface area (Å²) < 4.78 is 1.40. The molecule has 3 aromatic rings. The summed E-state index contributed by atoms with van der Waals surface area (Å²) in [6, 6.07) is 5.56. The Labute approximate surface area is 124 Å². The first kappa shape index (κ1) is 13.6. The highest BCUT2D eigenvalue weighted by Crippen LogP contribution is 2.27. The minimum atomic E-state index is -0.485. The predicted octanol–water partition coefficient (Wildman–Crippen LogP) is 2.06. The molecule has 0 spiro atoms. The van der Waals surface area contributed by atoms with E-state index < -0.39 is 11.2 Å². The van der Waals surface area contributed by atoms with Crippen molar-refractivity contribution >= 4 is 22.8 Å². The van der Waals surface area contributed by atoms with Gasteiger partial charge in [-0.1, -0.05) is 17.7 Å². The maximum Gasteiger partial charge on any atom is 0.330 e. The molecule has 0 aliphatic rings. The number of aromatic nitrogens is 4. The molecule has 0 saturated carbocycles. The number of imidazole rings is 1. The van der Waals surface area contributed by atoms with Gasteiger partial charge < -0.3 is 4.98 Å². The van der Waals surface area contributed by atoms with Gasteiger partial charge >= 0.3 is 5.69 Å². The number of hydrogen-bond acceptors (Lipinski definition) is 3. The SMILES string of the molecule is CCn1c(=O)[nH]c(=O)c2[nH]c(-c3ccc(C)cc3Cl)nc21. The van der Waals surface area contributed by atoms with Crippen LogP contribution in [0.15, 0.2) is 27.8 Å². The lowest BCUT2D eigenvalue weighted by Crippen LogP contribution is -2.29. The Morgan fingerprint density at radius 2 is 2.05 bits per heavy atom. The second-order valence-corrected chi connectivity index (χ2v) is 5.18. The van der Waals surface area contributed by atoms with Crippen molar-refractivity contribution in [3.05, 3.63) is 49.6 Å². The highest BCUT2D eigenvalue weighted by atomic mass is 35.5. The molecule has 6 nitrogen and oxygen atoms in total. The Morgan fingerprint density at radius 1 is 1.29 bits per heavy atom. The standard InChI is InChI=1S/C14H13ClN4O2/c1-3-19-12-10(13(20)18-14(19)21)16-11(17-12)8-5-4-7(2)6-9(8)15/h4-6H,3H2,1-2H3,(H,16,17)(H,18,20,21). The molecule has 0 atom stereocenters. The largest absolute Gasteiger partial charge is 0.332 e. The Kier molecular flexibility index (Phi) is 3.17. The van der Waals surface area contributed by atoms with Crippen LogP contribution in [-0.2, 0) is 6.54 Å². The number of hydrogen-bond donors (Lipinski definition) is 2. The zero-order chi connectivity index (χ0) is 15.1. The average molecular weight is 305 g/mol. The third-order valence-corrected chi connectivity index (χ3v) is 3.64. The van der Waals surface area contributed by atoms with Gasteiger partial charge in [0.25, 0.3) is 5.56 Å². The van der Waals surface area contributed by atoms with Crippen LogP contribution in [0.2, 0.25) is 5.02 Å². The molecule has 0 aliphatic heterocycles. The normalized spacial score (nSPS) is 11.2. The molecule has 7 heteroatoms. The molecule has 1 aromatic carbocycles. The molecule has 3 rings (SSSR count). The van der Waals surface area contributed by atoms with E-state index in [-0.39, 0.29) is 5.52 Å². The molecule has 2 N–H and O–H groups in total. The van der Waals surface area contributed by atoms with Crippen molar-refractivity contribution in [3.63, 3.8) is 0 Å². The van der Waals surface area contributed by atoms with Crippen LogP contribution in [-0.4, -0.2) is 19.5 Å². The summed E-state index contributed by atoms with van der Waals surface area (Å²) in [5.41, 5.74) is 1.36. The van der Waals surface area contributed by atoms with Crippen molar-refractivity contribution in [2.75, 3.05) is 0 Å². The number of aryl methyl sites for hydroxylation is 2. The summed E-state index contributed by atoms with van der Waals surface area (Å²) in [4.78, 5) is 33.2. The number of benzene rings is 1. The van der Waals surface area contributed by atoms with Gasteiger partial charge in [-0.15, -0.1) is 0 Å². The molecule has 108 valence electrons. The fourth-order valence-corrected chi connectivity index (χ4v) is 2.60. The van der Waals surface area contributed by atoms with E-state index in [9.17, 15) is 9.59 Å². The van der Waals surface area contributed by atoms with E-state index in [4.69, 9.17) is 11.6 Å². The first-order chi connectivity index (χ1) is 10.0. The van der Waals surface area contributed by atoms with Crippen molar-refractivity contribution in [3.8, 4) is 11.4 Å². The van der Waals surface area contributed by atoms with Crippen molar-refractivity contribution in [1.29, 1.82) is 0 Å². The van der Waals surface area contributed by atoms with Gasteiger partial charge in [0, 0.05) is 12.1 Å². The van der Waals surface area contributed by atoms with Crippen LogP contribution in [0.25, 0.3) is 22.6 Å². The van der Waals surface area contributed by atoms with Gasteiger partial charge in [0.2, 0.25) is 0 Å². The van der Waals surface area contributed by atoms with Gasteiger partial charge in [-0.05, 0) is 31.5 Å². The van der Waals surface area contributed by atoms with Crippen molar-refractivity contribution in [2.45, 2.75) is 20.4 Å². The highest BCUT2D eigenvalue weighted by Gasteiger charge is 2.14. The Hall–Kier alpha value is -2.34. The van der Waals surface area contributed by atoms with Crippen LogP contribution in [0.3, 0.4) is 0 Å². The number of aromatic amines is 2. The number of fused-ring (bicyclic) bond motifs is 1. The Bertz CT molecular complexity index is 952. The van der Waals surface area contributed by atoms with Gasteiger partial charge in [0.1, 0.15) is 11.3 Å². The Balaban J connectivity index is 2.33. The van der Waals surface area contributed by atoms with Crippen LogP contribution in [0.4, 0.5) is 0 Å². The maximum atomic E-state index is 11.9. The molecule has 0 fully saturated rings. The lowest BCUT2D eigenvalue weighted by molar-refractivity contribution is 0.720. The third kappa shape index (κ3) is 2.17. The topological polar surface area (TPSA) is 83.5 Å². The van der Waals surface area contributed by atoms with Gasteiger partial charge in [-0.3, -0.25) is 14.3 Å². The average Bonchev–Trinajstić information content (AvgIpc) is 2.84. The molecule has 21 heavy (non-hydrogen) atoms. The summed E-state index contributed by atoms with van der Waals surface area (Å²) in [5, 5.41) is 0.538. The number of rotatable bonds is 2. The van der Waals surface area contributed by atoms with E-state index in [1.807, 2.05) is 32.0 Å². The molecule has 2 aromatic heterocycles. The summed E-state index contributed by atoms with van der Waals surface area (Å²) in [5.74, 6) is 0.466. The molecular formula is C14H13ClN4O2. The number of nitrogens with one attached hydrogen (secondary N) is 2. The van der Waals surface area contributed by atoms with Crippen LogP contribution in [0.5, 0.6) is 0 Å². The summed E-state index contributed by atoms with van der Waals surface area (Å²) >= 11 is 6.22. The summed E-state index contributed by atoms with van der Waals surface area (Å²) in [7, 11) is 0. The fraction of sp³-hybridized carbons (Fsp3) is 0.214. The van der Waals surface area contributed by atoms with Gasteiger partial charge in [-0.25, -0.2) is 9.78 Å². The molecule has 0 saturated heterocycles. The van der Waals surface area contributed by atoms with E-state index in [1.54, 1.807) is 0 Å². The van der Waals surface area contributed by atoms with E-state index in [0.29, 0.717) is 28.6 Å². The number of nitrogens with zero attached hydrogens (tertiary/aromatic N) is 2. The molecule has 0 aliphatic carbocycles. The molecule has 0 bridgehead atoms. The lowest BCUT2D eigenvalue weighted by Gasteiger charge is -2.01. The second-order valence-electron chi connectivity index (χ2n) is 4.77. The lowest BCUT2D eigenvalue weighted by atomic mass is 10.1. The second kappa shape index (κ2) is 4.89. The van der Waals surface area contributed by atoms with Gasteiger partial charge in [-0.2, -0.15) is 0 Å². The summed E-state index contributed by atoms with van der Waals surface area (Å²) in [6.07, 6.45) is 0. The van der Waals surface area contributed by atoms with Crippen molar-refractivity contribution in [2.24, 2.45) is 0 Å². The summed E-state index contributed by atoms with van der Waals surface area (Å²) in [6.45, 7) is 4.16. The van der Waals surface area contributed by atoms with E-state index >= 15 is 0 Å². The van der Waals surface area contributed by atoms with Crippen LogP contribution in [0.1, 0.15) is 12.5 Å². The molecular weight excluding hydrogens is 292 g/mol. The first-order valence-electron chi connectivity index (χ1n) is 6.50. The van der Waals surface area contributed by atoms with Crippen molar-refractivity contribution < 1.29 is 0 Å². The molecule has 2 heterocycles. The molecule has 0 amide bonds. The van der Waals surface area contributed by atoms with Crippen LogP contribution in [0, 0.1) is 6.92 Å². The van der Waals surface area contributed by atoms with Gasteiger partial charge in [0.15, 0.2) is 5.65 Å². The molecule has 0 unspecified atom stereocenters. The monoisotopic (exact) mass is 304 g/mol. The minimum absolute atomic E-state index is 0.267. The van der Waals surface area contributed by atoms with E-state index in [2.05, 4.69) is 15.0 Å². The highest BCUT2D eigenvalue weighted by molar-refractivity contribution is 6.33. The Morgan fingerprint density at radius 3 is 2.71 bits per heavy atom. The minimum Gasteiger partial charge on any atom is -0.332 e. The maximum absolute atomic E-state index is 11.9. The number of H-pyrrole nitrogens is 2.